The fourth-order valence-electron chi connectivity index (χ4n) is 1.76. The lowest BCUT2D eigenvalue weighted by atomic mass is 10.2. The molecule has 19 heavy (non-hydrogen) atoms. The standard InChI is InChI=1S/C8H7NO2.C5H6N2O/c1-11-9-7-4-2-6(3-5-7)8(9)10;1-4(8)7-3-5(7)2-6/h2-5H,1H3;5H,3H2,1H3. The minimum Gasteiger partial charge on any atom is -0.413 e. The van der Waals surface area contributed by atoms with Crippen molar-refractivity contribution in [2.75, 3.05) is 13.7 Å². The smallest absolute Gasteiger partial charge is 0.290 e. The summed E-state index contributed by atoms with van der Waals surface area (Å²) >= 11 is 0. The zero-order chi connectivity index (χ0) is 14.0. The molecule has 1 fully saturated rings. The van der Waals surface area contributed by atoms with Gasteiger partial charge in [-0.2, -0.15) is 5.26 Å². The molecule has 1 atom stereocenters. The molecule has 1 aromatic carbocycles. The third-order valence-corrected chi connectivity index (χ3v) is 2.88. The van der Waals surface area contributed by atoms with E-state index in [0.29, 0.717) is 11.9 Å². The van der Waals surface area contributed by atoms with Gasteiger partial charge in [0.25, 0.3) is 5.56 Å². The largest absolute Gasteiger partial charge is 0.413 e. The molecule has 0 radical (unpaired) electrons. The molecule has 0 aliphatic carbocycles. The molecule has 6 nitrogen and oxygen atoms in total. The summed E-state index contributed by atoms with van der Waals surface area (Å²) in [4.78, 5) is 28.0. The van der Waals surface area contributed by atoms with Gasteiger partial charge in [-0.3, -0.25) is 9.59 Å². The van der Waals surface area contributed by atoms with Gasteiger partial charge in [0.2, 0.25) is 5.91 Å². The van der Waals surface area contributed by atoms with E-state index in [9.17, 15) is 9.59 Å². The van der Waals surface area contributed by atoms with Gasteiger partial charge in [0.15, 0.2) is 0 Å². The van der Waals surface area contributed by atoms with Gasteiger partial charge in [-0.1, -0.05) is 0 Å². The van der Waals surface area contributed by atoms with Crippen molar-refractivity contribution in [2.24, 2.45) is 0 Å². The summed E-state index contributed by atoms with van der Waals surface area (Å²) in [6, 6.07) is 9.12. The highest BCUT2D eigenvalue weighted by atomic mass is 16.6. The summed E-state index contributed by atoms with van der Waals surface area (Å²) in [6.45, 7) is 2.10. The normalized spacial score (nSPS) is 16.5. The van der Waals surface area contributed by atoms with Crippen LogP contribution in [0.2, 0.25) is 0 Å². The summed E-state index contributed by atoms with van der Waals surface area (Å²) in [7, 11) is 1.48. The summed E-state index contributed by atoms with van der Waals surface area (Å²) in [5, 5.41) is 8.85. The Balaban J connectivity index is 0.000000148. The third-order valence-electron chi connectivity index (χ3n) is 2.88. The van der Waals surface area contributed by atoms with Gasteiger partial charge < -0.3 is 9.74 Å². The predicted molar refractivity (Wildman–Crippen MR) is 68.7 cm³/mol. The molecule has 1 saturated heterocycles. The van der Waals surface area contributed by atoms with Crippen LogP contribution in [0.5, 0.6) is 0 Å². The van der Waals surface area contributed by atoms with Crippen LogP contribution in [0, 0.1) is 11.3 Å². The summed E-state index contributed by atoms with van der Waals surface area (Å²) in [5.74, 6) is -0.00319. The molecular weight excluding hydrogens is 246 g/mol. The Bertz CT molecular complexity index is 666. The zero-order valence-corrected chi connectivity index (χ0v) is 10.7. The molecule has 2 bridgehead atoms. The molecular formula is C13H13N3O3. The van der Waals surface area contributed by atoms with Crippen LogP contribution in [0.25, 0.3) is 10.9 Å². The molecule has 4 rings (SSSR count). The molecule has 98 valence electrons. The first-order valence-corrected chi connectivity index (χ1v) is 5.74. The Kier molecular flexibility index (Phi) is 3.38. The van der Waals surface area contributed by atoms with Crippen molar-refractivity contribution in [3.8, 4) is 6.07 Å². The second-order valence-corrected chi connectivity index (χ2v) is 4.15. The molecule has 0 saturated carbocycles. The maximum absolute atomic E-state index is 11.3. The average molecular weight is 259 g/mol. The van der Waals surface area contributed by atoms with Gasteiger partial charge in [-0.25, -0.2) is 0 Å². The Morgan fingerprint density at radius 2 is 2.05 bits per heavy atom. The van der Waals surface area contributed by atoms with Gasteiger partial charge in [0.05, 0.1) is 18.1 Å². The number of fused-ring (bicyclic) bond motifs is 3. The van der Waals surface area contributed by atoms with Crippen molar-refractivity contribution in [1.82, 2.24) is 9.63 Å². The van der Waals surface area contributed by atoms with Crippen LogP contribution < -0.4 is 10.4 Å². The van der Waals surface area contributed by atoms with E-state index in [0.717, 1.165) is 5.52 Å². The first kappa shape index (κ1) is 12.9. The quantitative estimate of drug-likeness (QED) is 0.687. The van der Waals surface area contributed by atoms with E-state index < -0.39 is 0 Å². The van der Waals surface area contributed by atoms with Crippen LogP contribution in [0.4, 0.5) is 0 Å². The first-order valence-electron chi connectivity index (χ1n) is 5.74. The number of benzene rings is 1. The van der Waals surface area contributed by atoms with Crippen LogP contribution >= 0.6 is 0 Å². The highest BCUT2D eigenvalue weighted by molar-refractivity contribution is 5.76. The van der Waals surface area contributed by atoms with Gasteiger partial charge in [-0.05, 0) is 24.3 Å². The molecule has 3 heterocycles. The van der Waals surface area contributed by atoms with Crippen LogP contribution in [0.1, 0.15) is 6.92 Å². The first-order chi connectivity index (χ1) is 9.08. The summed E-state index contributed by atoms with van der Waals surface area (Å²) in [5.41, 5.74) is 0.694. The fraction of sp³-hybridized carbons (Fsp3) is 0.308. The van der Waals surface area contributed by atoms with Gasteiger partial charge in [0, 0.05) is 12.3 Å². The molecule has 0 N–H and O–H groups in total. The molecule has 1 aliphatic heterocycles. The number of aromatic nitrogens is 1. The maximum atomic E-state index is 11.3. The van der Waals surface area contributed by atoms with Gasteiger partial charge in [-0.15, -0.1) is 4.73 Å². The van der Waals surface area contributed by atoms with Crippen molar-refractivity contribution in [3.05, 3.63) is 34.6 Å². The van der Waals surface area contributed by atoms with E-state index >= 15 is 0 Å². The molecule has 6 heteroatoms. The number of hydrogen-bond donors (Lipinski definition) is 0. The number of hydrogen-bond acceptors (Lipinski definition) is 4. The second-order valence-electron chi connectivity index (χ2n) is 4.15. The number of nitrogens with zero attached hydrogens (tertiary/aromatic N) is 3. The number of carbonyl (C=O) groups excluding carboxylic acids is 1. The minimum absolute atomic E-state index is 0.00319. The average Bonchev–Trinajstić information content (AvgIpc) is 3.20. The maximum Gasteiger partial charge on any atom is 0.290 e. The number of pyridine rings is 2. The Morgan fingerprint density at radius 3 is 2.32 bits per heavy atom. The third kappa shape index (κ3) is 2.50. The highest BCUT2D eigenvalue weighted by Crippen LogP contribution is 2.14. The van der Waals surface area contributed by atoms with E-state index in [-0.39, 0.29) is 17.5 Å². The van der Waals surface area contributed by atoms with E-state index in [4.69, 9.17) is 10.1 Å². The topological polar surface area (TPSA) is 75.1 Å². The van der Waals surface area contributed by atoms with E-state index in [1.165, 1.54) is 23.7 Å². The minimum atomic E-state index is -0.118. The van der Waals surface area contributed by atoms with E-state index in [1.54, 1.807) is 12.1 Å². The fourth-order valence-corrected chi connectivity index (χ4v) is 1.76. The Hall–Kier alpha value is -2.55. The van der Waals surface area contributed by atoms with Gasteiger partial charge >= 0.3 is 0 Å². The van der Waals surface area contributed by atoms with Crippen LogP contribution in [-0.2, 0) is 4.79 Å². The number of carbonyl (C=O) groups is 1. The Morgan fingerprint density at radius 1 is 1.42 bits per heavy atom. The van der Waals surface area contributed by atoms with Crippen LogP contribution in [-0.4, -0.2) is 35.2 Å². The lowest BCUT2D eigenvalue weighted by Crippen LogP contribution is -2.25. The summed E-state index contributed by atoms with van der Waals surface area (Å²) < 4.78 is 1.27. The van der Waals surface area contributed by atoms with Crippen molar-refractivity contribution in [2.45, 2.75) is 13.0 Å². The van der Waals surface area contributed by atoms with E-state index in [1.807, 2.05) is 18.2 Å². The molecule has 0 spiro atoms. The van der Waals surface area contributed by atoms with Crippen molar-refractivity contribution in [3.63, 3.8) is 0 Å². The van der Waals surface area contributed by atoms with Crippen molar-refractivity contribution >= 4 is 16.8 Å². The number of nitriles is 1. The van der Waals surface area contributed by atoms with Gasteiger partial charge in [0.1, 0.15) is 13.2 Å². The molecule has 1 aliphatic rings. The zero-order valence-electron chi connectivity index (χ0n) is 10.7. The highest BCUT2D eigenvalue weighted by Gasteiger charge is 2.35. The molecule has 3 aromatic rings. The predicted octanol–water partition coefficient (Wildman–Crippen LogP) is 0.238. The Labute approximate surface area is 109 Å². The number of rotatable bonds is 1. The molecule has 2 aromatic heterocycles. The van der Waals surface area contributed by atoms with Crippen LogP contribution in [0.3, 0.4) is 0 Å². The second kappa shape index (κ2) is 4.98. The molecule has 1 amide bonds. The molecule has 1 unspecified atom stereocenters. The summed E-state index contributed by atoms with van der Waals surface area (Å²) in [6.07, 6.45) is 0. The number of amides is 1. The van der Waals surface area contributed by atoms with E-state index in [2.05, 4.69) is 0 Å². The van der Waals surface area contributed by atoms with Crippen molar-refractivity contribution in [1.29, 1.82) is 5.26 Å². The monoisotopic (exact) mass is 259 g/mol. The SMILES string of the molecule is CC(=O)N1CC1C#N.COn1c(=O)c2ccc1cc2. The van der Waals surface area contributed by atoms with Crippen molar-refractivity contribution < 1.29 is 9.63 Å². The lowest BCUT2D eigenvalue weighted by molar-refractivity contribution is -0.123. The van der Waals surface area contributed by atoms with Crippen LogP contribution in [0.15, 0.2) is 29.1 Å². The lowest BCUT2D eigenvalue weighted by Gasteiger charge is -2.07.